The van der Waals surface area contributed by atoms with Crippen molar-refractivity contribution >= 4 is 0 Å². The lowest BCUT2D eigenvalue weighted by atomic mass is 9.44. The van der Waals surface area contributed by atoms with Crippen molar-refractivity contribution in [2.45, 2.75) is 123 Å². The van der Waals surface area contributed by atoms with Crippen molar-refractivity contribution in [3.8, 4) is 0 Å². The summed E-state index contributed by atoms with van der Waals surface area (Å²) in [6, 6.07) is 0. The average molecular weight is 443 g/mol. The van der Waals surface area contributed by atoms with Crippen molar-refractivity contribution in [3.05, 3.63) is 0 Å². The van der Waals surface area contributed by atoms with E-state index in [1.165, 1.54) is 64.2 Å². The molecule has 31 heavy (non-hydrogen) atoms. The molecule has 9 unspecified atom stereocenters. The molecule has 0 bridgehead atoms. The van der Waals surface area contributed by atoms with E-state index in [1.807, 2.05) is 0 Å². The Bertz CT molecular complexity index is 618. The highest BCUT2D eigenvalue weighted by molar-refractivity contribution is 5.09. The quantitative estimate of drug-likeness (QED) is 0.411. The molecule has 0 amide bonds. The van der Waals surface area contributed by atoms with E-state index in [2.05, 4.69) is 20.8 Å². The Morgan fingerprint density at radius 2 is 1.61 bits per heavy atom. The van der Waals surface area contributed by atoms with Crippen LogP contribution in [0.5, 0.6) is 0 Å². The predicted octanol–water partition coefficient (Wildman–Crippen LogP) is 8.16. The molecule has 0 aromatic rings. The SMILES string of the molecule is CCC1CCC2(C)C(CCC3C4CCC(CCCCC(O)C(F)(F)F)C4(C)CCC32)C1. The van der Waals surface area contributed by atoms with Crippen molar-refractivity contribution in [3.63, 3.8) is 0 Å². The van der Waals surface area contributed by atoms with Crippen LogP contribution >= 0.6 is 0 Å². The maximum Gasteiger partial charge on any atom is 0.414 e. The predicted molar refractivity (Wildman–Crippen MR) is 120 cm³/mol. The number of halogens is 3. The lowest BCUT2D eigenvalue weighted by Crippen LogP contribution is -2.53. The van der Waals surface area contributed by atoms with Crippen LogP contribution in [0.15, 0.2) is 0 Å². The van der Waals surface area contributed by atoms with E-state index < -0.39 is 12.3 Å². The molecule has 4 rings (SSSR count). The maximum atomic E-state index is 12.6. The Labute approximate surface area is 187 Å². The maximum absolute atomic E-state index is 12.6. The van der Waals surface area contributed by atoms with Gasteiger partial charge in [-0.25, -0.2) is 0 Å². The zero-order valence-corrected chi connectivity index (χ0v) is 20.0. The molecule has 4 fully saturated rings. The molecular formula is C27H45F3O. The molecule has 9 atom stereocenters. The van der Waals surface area contributed by atoms with Gasteiger partial charge >= 0.3 is 6.18 Å². The number of alkyl halides is 3. The van der Waals surface area contributed by atoms with Crippen LogP contribution in [0.3, 0.4) is 0 Å². The van der Waals surface area contributed by atoms with Crippen LogP contribution in [0.4, 0.5) is 13.2 Å². The molecular weight excluding hydrogens is 397 g/mol. The fraction of sp³-hybridized carbons (Fsp3) is 1.00. The molecule has 4 heteroatoms. The minimum Gasteiger partial charge on any atom is -0.384 e. The number of fused-ring (bicyclic) bond motifs is 5. The molecule has 0 radical (unpaired) electrons. The third-order valence-electron chi connectivity index (χ3n) is 11.2. The molecule has 180 valence electrons. The summed E-state index contributed by atoms with van der Waals surface area (Å²) in [5.41, 5.74) is 0.954. The second-order valence-electron chi connectivity index (χ2n) is 12.4. The summed E-state index contributed by atoms with van der Waals surface area (Å²) in [6.45, 7) is 7.54. The summed E-state index contributed by atoms with van der Waals surface area (Å²) < 4.78 is 37.7. The molecule has 0 aromatic carbocycles. The van der Waals surface area contributed by atoms with Gasteiger partial charge in [-0.2, -0.15) is 13.2 Å². The van der Waals surface area contributed by atoms with Gasteiger partial charge in [-0.15, -0.1) is 0 Å². The van der Waals surface area contributed by atoms with Gasteiger partial charge in [-0.3, -0.25) is 0 Å². The van der Waals surface area contributed by atoms with Gasteiger partial charge in [0.15, 0.2) is 0 Å². The summed E-state index contributed by atoms with van der Waals surface area (Å²) in [4.78, 5) is 0. The Hall–Kier alpha value is -0.250. The highest BCUT2D eigenvalue weighted by atomic mass is 19.4. The van der Waals surface area contributed by atoms with E-state index in [0.29, 0.717) is 23.2 Å². The van der Waals surface area contributed by atoms with Crippen molar-refractivity contribution in [2.24, 2.45) is 46.3 Å². The van der Waals surface area contributed by atoms with Crippen LogP contribution in [0.2, 0.25) is 0 Å². The largest absolute Gasteiger partial charge is 0.414 e. The highest BCUT2D eigenvalue weighted by Gasteiger charge is 2.59. The van der Waals surface area contributed by atoms with Gasteiger partial charge in [-0.05, 0) is 117 Å². The smallest absolute Gasteiger partial charge is 0.384 e. The Morgan fingerprint density at radius 3 is 2.32 bits per heavy atom. The standard InChI is InChI=1S/C27H45F3O/c1-4-18-13-15-26(3)20(17-18)9-11-21-22-12-10-19(25(22,2)16-14-23(21)26)7-5-6-8-24(31)27(28,29)30/h18-24,31H,4-17H2,1-3H3. The first-order valence-corrected chi connectivity index (χ1v) is 13.3. The average Bonchev–Trinajstić information content (AvgIpc) is 3.06. The van der Waals surface area contributed by atoms with Gasteiger partial charge in [0.2, 0.25) is 0 Å². The molecule has 0 spiro atoms. The lowest BCUT2D eigenvalue weighted by Gasteiger charge is -2.61. The monoisotopic (exact) mass is 442 g/mol. The zero-order chi connectivity index (χ0) is 22.4. The van der Waals surface area contributed by atoms with Gasteiger partial charge in [0.05, 0.1) is 0 Å². The second kappa shape index (κ2) is 8.84. The first-order chi connectivity index (χ1) is 14.6. The second-order valence-corrected chi connectivity index (χ2v) is 12.4. The van der Waals surface area contributed by atoms with Crippen LogP contribution < -0.4 is 0 Å². The first-order valence-electron chi connectivity index (χ1n) is 13.3. The summed E-state index contributed by atoms with van der Waals surface area (Å²) >= 11 is 0. The minimum atomic E-state index is -4.46. The molecule has 1 nitrogen and oxygen atoms in total. The topological polar surface area (TPSA) is 20.2 Å². The fourth-order valence-corrected chi connectivity index (χ4v) is 9.19. The Balaban J connectivity index is 1.36. The number of hydrogen-bond donors (Lipinski definition) is 1. The minimum absolute atomic E-state index is 0.139. The molecule has 4 aliphatic rings. The number of hydrogen-bond acceptors (Lipinski definition) is 1. The Kier molecular flexibility index (Phi) is 6.81. The van der Waals surface area contributed by atoms with Crippen molar-refractivity contribution in [2.75, 3.05) is 0 Å². The summed E-state index contributed by atoms with van der Waals surface area (Å²) in [6.07, 6.45) is 9.46. The van der Waals surface area contributed by atoms with E-state index in [-0.39, 0.29) is 6.42 Å². The number of rotatable bonds is 6. The molecule has 0 aromatic heterocycles. The molecule has 0 heterocycles. The summed E-state index contributed by atoms with van der Waals surface area (Å²) in [7, 11) is 0. The highest BCUT2D eigenvalue weighted by Crippen LogP contribution is 2.68. The van der Waals surface area contributed by atoms with Crippen LogP contribution in [-0.4, -0.2) is 17.4 Å². The van der Waals surface area contributed by atoms with Gasteiger partial charge in [-0.1, -0.05) is 40.0 Å². The molecule has 0 saturated heterocycles. The normalized spacial score (nSPS) is 46.2. The zero-order valence-electron chi connectivity index (χ0n) is 20.0. The van der Waals surface area contributed by atoms with Gasteiger partial charge in [0, 0.05) is 0 Å². The number of unbranched alkanes of at least 4 members (excludes halogenated alkanes) is 1. The van der Waals surface area contributed by atoms with Crippen molar-refractivity contribution < 1.29 is 18.3 Å². The van der Waals surface area contributed by atoms with E-state index in [1.54, 1.807) is 0 Å². The van der Waals surface area contributed by atoms with Crippen LogP contribution in [0, 0.1) is 46.3 Å². The van der Waals surface area contributed by atoms with Crippen LogP contribution in [0.25, 0.3) is 0 Å². The van der Waals surface area contributed by atoms with E-state index in [4.69, 9.17) is 0 Å². The van der Waals surface area contributed by atoms with Crippen molar-refractivity contribution in [1.82, 2.24) is 0 Å². The van der Waals surface area contributed by atoms with Crippen LogP contribution in [-0.2, 0) is 0 Å². The first kappa shape index (κ1) is 23.9. The fourth-order valence-electron chi connectivity index (χ4n) is 9.19. The molecule has 4 saturated carbocycles. The van der Waals surface area contributed by atoms with E-state index >= 15 is 0 Å². The summed E-state index contributed by atoms with van der Waals surface area (Å²) in [5.74, 6) is 5.18. The molecule has 1 N–H and O–H groups in total. The van der Waals surface area contributed by atoms with E-state index in [9.17, 15) is 18.3 Å². The van der Waals surface area contributed by atoms with Gasteiger partial charge in [0.25, 0.3) is 0 Å². The lowest BCUT2D eigenvalue weighted by molar-refractivity contribution is -0.205. The van der Waals surface area contributed by atoms with Crippen molar-refractivity contribution in [1.29, 1.82) is 0 Å². The third kappa shape index (κ3) is 4.33. The summed E-state index contributed by atoms with van der Waals surface area (Å²) in [5, 5.41) is 9.27. The number of aliphatic hydroxyl groups excluding tert-OH is 1. The molecule has 0 aliphatic heterocycles. The Morgan fingerprint density at radius 1 is 0.903 bits per heavy atom. The number of aliphatic hydroxyl groups is 1. The van der Waals surface area contributed by atoms with E-state index in [0.717, 1.165) is 42.4 Å². The van der Waals surface area contributed by atoms with Gasteiger partial charge < -0.3 is 5.11 Å². The third-order valence-corrected chi connectivity index (χ3v) is 11.2. The van der Waals surface area contributed by atoms with Gasteiger partial charge in [0.1, 0.15) is 6.10 Å². The molecule has 4 aliphatic carbocycles. The van der Waals surface area contributed by atoms with Crippen LogP contribution in [0.1, 0.15) is 111 Å².